The number of aliphatic hydroxyl groups excluding tert-OH is 1. The molecule has 10 heteroatoms. The van der Waals surface area contributed by atoms with E-state index in [-0.39, 0.29) is 42.2 Å². The Kier molecular flexibility index (Phi) is 12.6. The first-order valence-electron chi connectivity index (χ1n) is 8.28. The number of nitrogens with zero attached hydrogens (tertiary/aromatic N) is 2. The van der Waals surface area contributed by atoms with Gasteiger partial charge in [-0.15, -0.1) is 24.0 Å². The summed E-state index contributed by atoms with van der Waals surface area (Å²) in [6.45, 7) is 0.136. The molecule has 1 rings (SSSR count). The van der Waals surface area contributed by atoms with Gasteiger partial charge in [-0.05, 0) is 24.6 Å². The summed E-state index contributed by atoms with van der Waals surface area (Å²) in [4.78, 5) is 17.3. The smallest absolute Gasteiger partial charge is 0.387 e. The summed E-state index contributed by atoms with van der Waals surface area (Å²) in [6, 6.07) is 5.75. The van der Waals surface area contributed by atoms with Crippen molar-refractivity contribution >= 4 is 35.8 Å². The fourth-order valence-electron chi connectivity index (χ4n) is 2.01. The SMILES string of the molecule is CCNC(=NCC(O)c1ccc(OC(F)F)cc1)NCCC(=O)N(C)C.I. The molecule has 0 aliphatic heterocycles. The van der Waals surface area contributed by atoms with Gasteiger partial charge in [-0.1, -0.05) is 12.1 Å². The van der Waals surface area contributed by atoms with Crippen molar-refractivity contribution in [1.29, 1.82) is 0 Å². The van der Waals surface area contributed by atoms with Gasteiger partial charge in [-0.2, -0.15) is 8.78 Å². The number of nitrogens with one attached hydrogen (secondary N) is 2. The van der Waals surface area contributed by atoms with E-state index in [2.05, 4.69) is 20.4 Å². The van der Waals surface area contributed by atoms with Crippen LogP contribution in [-0.4, -0.2) is 62.2 Å². The predicted molar refractivity (Wildman–Crippen MR) is 111 cm³/mol. The number of carbonyl (C=O) groups excluding carboxylic acids is 1. The molecule has 0 bridgehead atoms. The Bertz CT molecular complexity index is 586. The van der Waals surface area contributed by atoms with Crippen molar-refractivity contribution in [2.75, 3.05) is 33.7 Å². The minimum Gasteiger partial charge on any atom is -0.435 e. The van der Waals surface area contributed by atoms with Crippen LogP contribution in [0.5, 0.6) is 5.75 Å². The molecule has 0 saturated carbocycles. The average Bonchev–Trinajstić information content (AvgIpc) is 2.59. The van der Waals surface area contributed by atoms with Crippen LogP contribution in [-0.2, 0) is 4.79 Å². The summed E-state index contributed by atoms with van der Waals surface area (Å²) in [6.07, 6.45) is -0.569. The molecule has 1 atom stereocenters. The fourth-order valence-corrected chi connectivity index (χ4v) is 2.01. The van der Waals surface area contributed by atoms with Crippen LogP contribution >= 0.6 is 24.0 Å². The lowest BCUT2D eigenvalue weighted by Gasteiger charge is -2.15. The van der Waals surface area contributed by atoms with E-state index in [1.807, 2.05) is 6.92 Å². The maximum atomic E-state index is 12.1. The Morgan fingerprint density at radius 2 is 1.89 bits per heavy atom. The number of hydrogen-bond donors (Lipinski definition) is 3. The Morgan fingerprint density at radius 3 is 2.41 bits per heavy atom. The summed E-state index contributed by atoms with van der Waals surface area (Å²) in [5.74, 6) is 0.510. The molecule has 0 aliphatic carbocycles. The van der Waals surface area contributed by atoms with Crippen LogP contribution in [0.15, 0.2) is 29.3 Å². The number of guanidine groups is 1. The number of ether oxygens (including phenoxy) is 1. The highest BCUT2D eigenvalue weighted by molar-refractivity contribution is 14.0. The lowest BCUT2D eigenvalue weighted by atomic mass is 10.1. The van der Waals surface area contributed by atoms with E-state index in [1.165, 1.54) is 29.2 Å². The number of aliphatic hydroxyl groups is 1. The van der Waals surface area contributed by atoms with Gasteiger partial charge >= 0.3 is 6.61 Å². The van der Waals surface area contributed by atoms with Crippen LogP contribution < -0.4 is 15.4 Å². The molecule has 0 fully saturated rings. The van der Waals surface area contributed by atoms with E-state index in [0.29, 0.717) is 31.0 Å². The Hall–Kier alpha value is -1.69. The second-order valence-electron chi connectivity index (χ2n) is 5.65. The van der Waals surface area contributed by atoms with E-state index in [0.717, 1.165) is 0 Å². The summed E-state index contributed by atoms with van der Waals surface area (Å²) in [5, 5.41) is 16.2. The van der Waals surface area contributed by atoms with Gasteiger partial charge in [0.1, 0.15) is 5.75 Å². The molecule has 1 aromatic rings. The number of benzene rings is 1. The Balaban J connectivity index is 0.00000676. The standard InChI is InChI=1S/C17H26F2N4O3.HI/c1-4-20-17(21-10-9-15(25)23(2)3)22-11-14(24)12-5-7-13(8-6-12)26-16(18)19;/h5-8,14,16,24H,4,9-11H2,1-3H3,(H2,20,21,22);1H. The molecule has 27 heavy (non-hydrogen) atoms. The van der Waals surface area contributed by atoms with Crippen LogP contribution in [0, 0.1) is 0 Å². The lowest BCUT2D eigenvalue weighted by molar-refractivity contribution is -0.128. The highest BCUT2D eigenvalue weighted by atomic mass is 127. The quantitative estimate of drug-likeness (QED) is 0.274. The van der Waals surface area contributed by atoms with Crippen molar-refractivity contribution in [3.8, 4) is 5.75 Å². The van der Waals surface area contributed by atoms with Crippen molar-refractivity contribution in [2.24, 2.45) is 4.99 Å². The van der Waals surface area contributed by atoms with Crippen molar-refractivity contribution in [3.05, 3.63) is 29.8 Å². The molecular formula is C17H27F2IN4O3. The van der Waals surface area contributed by atoms with Gasteiger partial charge in [0.15, 0.2) is 5.96 Å². The lowest BCUT2D eigenvalue weighted by Crippen LogP contribution is -2.39. The number of hydrogen-bond acceptors (Lipinski definition) is 4. The van der Waals surface area contributed by atoms with E-state index in [1.54, 1.807) is 14.1 Å². The topological polar surface area (TPSA) is 86.2 Å². The van der Waals surface area contributed by atoms with Gasteiger partial charge in [0.25, 0.3) is 0 Å². The zero-order valence-electron chi connectivity index (χ0n) is 15.6. The molecule has 1 unspecified atom stereocenters. The van der Waals surface area contributed by atoms with E-state index < -0.39 is 12.7 Å². The van der Waals surface area contributed by atoms with E-state index >= 15 is 0 Å². The molecule has 0 spiro atoms. The Morgan fingerprint density at radius 1 is 1.26 bits per heavy atom. The fraction of sp³-hybridized carbons (Fsp3) is 0.529. The summed E-state index contributed by atoms with van der Waals surface area (Å²) in [7, 11) is 3.38. The first-order chi connectivity index (χ1) is 12.3. The van der Waals surface area contributed by atoms with Crippen molar-refractivity contribution < 1.29 is 23.4 Å². The molecule has 154 valence electrons. The maximum absolute atomic E-state index is 12.1. The van der Waals surface area contributed by atoms with Gasteiger partial charge in [-0.3, -0.25) is 9.79 Å². The highest BCUT2D eigenvalue weighted by Gasteiger charge is 2.10. The molecule has 1 amide bonds. The van der Waals surface area contributed by atoms with Gasteiger partial charge in [0, 0.05) is 33.6 Å². The number of carbonyl (C=O) groups is 1. The van der Waals surface area contributed by atoms with E-state index in [9.17, 15) is 18.7 Å². The first kappa shape index (κ1) is 25.3. The zero-order valence-corrected chi connectivity index (χ0v) is 17.9. The molecule has 1 aromatic carbocycles. The molecular weight excluding hydrogens is 473 g/mol. The van der Waals surface area contributed by atoms with Gasteiger partial charge in [-0.25, -0.2) is 0 Å². The second-order valence-corrected chi connectivity index (χ2v) is 5.65. The number of alkyl halides is 2. The second kappa shape index (κ2) is 13.5. The predicted octanol–water partition coefficient (Wildman–Crippen LogP) is 1.97. The third-order valence-electron chi connectivity index (χ3n) is 3.39. The van der Waals surface area contributed by atoms with Gasteiger partial charge < -0.3 is 25.4 Å². The van der Waals surface area contributed by atoms with Crippen molar-refractivity contribution in [3.63, 3.8) is 0 Å². The van der Waals surface area contributed by atoms with Crippen LogP contribution in [0.25, 0.3) is 0 Å². The molecule has 0 aromatic heterocycles. The average molecular weight is 500 g/mol. The van der Waals surface area contributed by atoms with Gasteiger partial charge in [0.05, 0.1) is 12.6 Å². The highest BCUT2D eigenvalue weighted by Crippen LogP contribution is 2.19. The molecule has 0 aliphatic rings. The molecule has 0 heterocycles. The number of rotatable bonds is 9. The van der Waals surface area contributed by atoms with Gasteiger partial charge in [0.2, 0.25) is 5.91 Å². The minimum atomic E-state index is -2.89. The molecule has 7 nitrogen and oxygen atoms in total. The third-order valence-corrected chi connectivity index (χ3v) is 3.39. The van der Waals surface area contributed by atoms with Crippen LogP contribution in [0.3, 0.4) is 0 Å². The normalized spacial score (nSPS) is 12.2. The summed E-state index contributed by atoms with van der Waals surface area (Å²) < 4.78 is 28.5. The van der Waals surface area contributed by atoms with E-state index in [4.69, 9.17) is 0 Å². The van der Waals surface area contributed by atoms with Crippen LogP contribution in [0.1, 0.15) is 25.0 Å². The van der Waals surface area contributed by atoms with Crippen LogP contribution in [0.4, 0.5) is 8.78 Å². The number of amides is 1. The first-order valence-corrected chi connectivity index (χ1v) is 8.28. The maximum Gasteiger partial charge on any atom is 0.387 e. The molecule has 0 saturated heterocycles. The largest absolute Gasteiger partial charge is 0.435 e. The Labute approximate surface area is 175 Å². The third kappa shape index (κ3) is 10.3. The monoisotopic (exact) mass is 500 g/mol. The summed E-state index contributed by atoms with van der Waals surface area (Å²) >= 11 is 0. The minimum absolute atomic E-state index is 0. The molecule has 0 radical (unpaired) electrons. The van der Waals surface area contributed by atoms with Crippen LogP contribution in [0.2, 0.25) is 0 Å². The van der Waals surface area contributed by atoms with Crippen molar-refractivity contribution in [2.45, 2.75) is 26.1 Å². The molecule has 3 N–H and O–H groups in total. The zero-order chi connectivity index (χ0) is 19.5. The number of halogens is 3. The van der Waals surface area contributed by atoms with Crippen molar-refractivity contribution in [1.82, 2.24) is 15.5 Å². The summed E-state index contributed by atoms with van der Waals surface area (Å²) in [5.41, 5.74) is 0.536. The number of aliphatic imine (C=N–C) groups is 1.